The van der Waals surface area contributed by atoms with Crippen LogP contribution in [-0.2, 0) is 17.8 Å². The van der Waals surface area contributed by atoms with Gasteiger partial charge in [0.25, 0.3) is 5.56 Å². The molecule has 0 aliphatic carbocycles. The number of nitrogens with zero attached hydrogens (tertiary/aromatic N) is 3. The van der Waals surface area contributed by atoms with Crippen LogP contribution in [0.1, 0.15) is 24.7 Å². The number of aromatic nitrogens is 3. The van der Waals surface area contributed by atoms with Gasteiger partial charge in [-0.3, -0.25) is 9.59 Å². The molecule has 0 aliphatic rings. The van der Waals surface area contributed by atoms with Crippen molar-refractivity contribution in [3.63, 3.8) is 0 Å². The minimum Gasteiger partial charge on any atom is -0.360 e. The number of amides is 1. The lowest BCUT2D eigenvalue weighted by Gasteiger charge is -2.15. The van der Waals surface area contributed by atoms with Crippen LogP contribution in [0.25, 0.3) is 22.2 Å². The smallest absolute Gasteiger partial charge is 0.297 e. The topological polar surface area (TPSA) is 90.0 Å². The van der Waals surface area contributed by atoms with Crippen LogP contribution >= 0.6 is 11.6 Å². The van der Waals surface area contributed by atoms with Crippen molar-refractivity contribution in [3.8, 4) is 11.3 Å². The lowest BCUT2D eigenvalue weighted by molar-refractivity contribution is -0.122. The predicted molar refractivity (Wildman–Crippen MR) is 124 cm³/mol. The minimum absolute atomic E-state index is 0.0489. The molecule has 1 amide bonds. The molecular weight excluding hydrogens is 428 g/mol. The lowest BCUT2D eigenvalue weighted by atomic mass is 10.1. The van der Waals surface area contributed by atoms with Crippen molar-refractivity contribution in [3.05, 3.63) is 81.3 Å². The fourth-order valence-electron chi connectivity index (χ4n) is 3.61. The number of hydrogen-bond donors (Lipinski definition) is 1. The summed E-state index contributed by atoms with van der Waals surface area (Å²) in [6.07, 6.45) is 1.64. The summed E-state index contributed by atoms with van der Waals surface area (Å²) in [5, 5.41) is 12.4. The third-order valence-electron chi connectivity index (χ3n) is 5.28. The van der Waals surface area contributed by atoms with Gasteiger partial charge in [0, 0.05) is 16.6 Å². The molecule has 0 aliphatic heterocycles. The standard InChI is InChI=1S/C24H23ClN4O3/c1-15(8-9-17-6-4-3-5-7-17)26-20(30)14-29-24(31)23-21(16(2)32-28-23)22(27-29)18-10-12-19(25)13-11-18/h3-7,10-13,15H,8-9,14H2,1-2H3,(H,26,30)/t15-/m0/s1. The molecule has 0 radical (unpaired) electrons. The van der Waals surface area contributed by atoms with Gasteiger partial charge < -0.3 is 9.84 Å². The summed E-state index contributed by atoms with van der Waals surface area (Å²) in [5.41, 5.74) is 2.15. The molecule has 0 fully saturated rings. The molecule has 1 atom stereocenters. The fraction of sp³-hybridized carbons (Fsp3) is 0.250. The number of carbonyl (C=O) groups is 1. The summed E-state index contributed by atoms with van der Waals surface area (Å²) in [4.78, 5) is 25.5. The van der Waals surface area contributed by atoms with Crippen molar-refractivity contribution in [1.82, 2.24) is 20.3 Å². The number of rotatable bonds is 7. The zero-order valence-electron chi connectivity index (χ0n) is 17.8. The van der Waals surface area contributed by atoms with Crippen LogP contribution in [0.3, 0.4) is 0 Å². The molecule has 2 aromatic heterocycles. The Morgan fingerprint density at radius 1 is 1.16 bits per heavy atom. The van der Waals surface area contributed by atoms with Crippen molar-refractivity contribution in [2.45, 2.75) is 39.3 Å². The van der Waals surface area contributed by atoms with Gasteiger partial charge in [0.1, 0.15) is 18.0 Å². The summed E-state index contributed by atoms with van der Waals surface area (Å²) in [7, 11) is 0. The second-order valence-corrected chi connectivity index (χ2v) is 8.21. The summed E-state index contributed by atoms with van der Waals surface area (Å²) >= 11 is 6.01. The van der Waals surface area contributed by atoms with E-state index in [9.17, 15) is 9.59 Å². The third-order valence-corrected chi connectivity index (χ3v) is 5.54. The van der Waals surface area contributed by atoms with Crippen molar-refractivity contribution < 1.29 is 9.32 Å². The van der Waals surface area contributed by atoms with E-state index >= 15 is 0 Å². The summed E-state index contributed by atoms with van der Waals surface area (Å²) in [6, 6.07) is 17.1. The van der Waals surface area contributed by atoms with E-state index < -0.39 is 5.56 Å². The monoisotopic (exact) mass is 450 g/mol. The Bertz CT molecular complexity index is 1300. The molecule has 4 aromatic rings. The molecule has 0 saturated carbocycles. The van der Waals surface area contributed by atoms with Crippen LogP contribution in [0.2, 0.25) is 5.02 Å². The Morgan fingerprint density at radius 3 is 2.59 bits per heavy atom. The van der Waals surface area contributed by atoms with E-state index in [2.05, 4.69) is 27.7 Å². The molecule has 4 rings (SSSR count). The number of benzene rings is 2. The van der Waals surface area contributed by atoms with Gasteiger partial charge in [-0.25, -0.2) is 4.68 Å². The van der Waals surface area contributed by atoms with Crippen molar-refractivity contribution in [2.24, 2.45) is 0 Å². The van der Waals surface area contributed by atoms with E-state index in [1.54, 1.807) is 31.2 Å². The molecule has 0 spiro atoms. The third kappa shape index (κ3) is 4.73. The molecule has 0 bridgehead atoms. The first-order chi connectivity index (χ1) is 15.4. The molecule has 164 valence electrons. The molecule has 7 nitrogen and oxygen atoms in total. The van der Waals surface area contributed by atoms with E-state index in [-0.39, 0.29) is 24.0 Å². The quantitative estimate of drug-likeness (QED) is 0.456. The van der Waals surface area contributed by atoms with Gasteiger partial charge in [-0.15, -0.1) is 0 Å². The number of nitrogens with one attached hydrogen (secondary N) is 1. The normalized spacial score (nSPS) is 12.1. The summed E-state index contributed by atoms with van der Waals surface area (Å²) in [6.45, 7) is 3.46. The maximum absolute atomic E-state index is 12.9. The number of halogens is 1. The van der Waals surface area contributed by atoms with Gasteiger partial charge >= 0.3 is 0 Å². The Balaban J connectivity index is 1.55. The predicted octanol–water partition coefficient (Wildman–Crippen LogP) is 4.15. The van der Waals surface area contributed by atoms with Gasteiger partial charge in [0.2, 0.25) is 5.91 Å². The Kier molecular flexibility index (Phi) is 6.37. The van der Waals surface area contributed by atoms with E-state index in [1.165, 1.54) is 5.56 Å². The molecule has 2 aromatic carbocycles. The first kappa shape index (κ1) is 21.8. The maximum Gasteiger partial charge on any atom is 0.297 e. The second-order valence-electron chi connectivity index (χ2n) is 7.77. The van der Waals surface area contributed by atoms with Crippen molar-refractivity contribution >= 4 is 28.4 Å². The first-order valence-electron chi connectivity index (χ1n) is 10.4. The first-order valence-corrected chi connectivity index (χ1v) is 10.8. The maximum atomic E-state index is 12.9. The molecule has 0 unspecified atom stereocenters. The van der Waals surface area contributed by atoms with Crippen molar-refractivity contribution in [1.29, 1.82) is 0 Å². The summed E-state index contributed by atoms with van der Waals surface area (Å²) < 4.78 is 6.38. The largest absolute Gasteiger partial charge is 0.360 e. The molecule has 32 heavy (non-hydrogen) atoms. The van der Waals surface area contributed by atoms with Crippen molar-refractivity contribution in [2.75, 3.05) is 0 Å². The van der Waals surface area contributed by atoms with Gasteiger partial charge in [0.15, 0.2) is 5.52 Å². The van der Waals surface area contributed by atoms with Crippen LogP contribution in [0.4, 0.5) is 0 Å². The lowest BCUT2D eigenvalue weighted by Crippen LogP contribution is -2.38. The van der Waals surface area contributed by atoms with E-state index in [4.69, 9.17) is 16.1 Å². The number of carbonyl (C=O) groups excluding carboxylic acids is 1. The molecule has 2 heterocycles. The highest BCUT2D eigenvalue weighted by Crippen LogP contribution is 2.28. The highest BCUT2D eigenvalue weighted by atomic mass is 35.5. The van der Waals surface area contributed by atoms with Crippen LogP contribution in [0.15, 0.2) is 63.9 Å². The highest BCUT2D eigenvalue weighted by Gasteiger charge is 2.20. The van der Waals surface area contributed by atoms with E-state index in [0.29, 0.717) is 21.9 Å². The average molecular weight is 451 g/mol. The van der Waals surface area contributed by atoms with Crippen LogP contribution in [-0.4, -0.2) is 26.9 Å². The Morgan fingerprint density at radius 2 is 1.88 bits per heavy atom. The van der Waals surface area contributed by atoms with Crippen LogP contribution in [0.5, 0.6) is 0 Å². The van der Waals surface area contributed by atoms with Crippen LogP contribution in [0, 0.1) is 6.92 Å². The number of fused-ring (bicyclic) bond motifs is 1. The second kappa shape index (κ2) is 9.36. The zero-order chi connectivity index (χ0) is 22.7. The highest BCUT2D eigenvalue weighted by molar-refractivity contribution is 6.30. The number of aryl methyl sites for hydroxylation is 2. The molecule has 0 saturated heterocycles. The van der Waals surface area contributed by atoms with E-state index in [0.717, 1.165) is 23.1 Å². The van der Waals surface area contributed by atoms with Crippen LogP contribution < -0.4 is 10.9 Å². The summed E-state index contributed by atoms with van der Waals surface area (Å²) in [5.74, 6) is 0.197. The molecule has 1 N–H and O–H groups in total. The van der Waals surface area contributed by atoms with Gasteiger partial charge in [-0.1, -0.05) is 59.2 Å². The molecule has 8 heteroatoms. The Labute approximate surface area is 190 Å². The SMILES string of the molecule is Cc1onc2c(=O)n(CC(=O)N[C@@H](C)CCc3ccccc3)nc(-c3ccc(Cl)cc3)c12. The average Bonchev–Trinajstić information content (AvgIpc) is 3.17. The van der Waals surface area contributed by atoms with E-state index in [1.807, 2.05) is 25.1 Å². The Hall–Kier alpha value is -3.45. The fourth-order valence-corrected chi connectivity index (χ4v) is 3.73. The number of hydrogen-bond acceptors (Lipinski definition) is 5. The van der Waals surface area contributed by atoms with Gasteiger partial charge in [-0.2, -0.15) is 5.10 Å². The minimum atomic E-state index is -0.471. The zero-order valence-corrected chi connectivity index (χ0v) is 18.6. The molecular formula is C24H23ClN4O3. The van der Waals surface area contributed by atoms with Gasteiger partial charge in [0.05, 0.1) is 5.39 Å². The van der Waals surface area contributed by atoms with Gasteiger partial charge in [-0.05, 0) is 44.4 Å².